The highest BCUT2D eigenvalue weighted by molar-refractivity contribution is 9.10. The minimum atomic E-state index is -0.740. The Morgan fingerprint density at radius 1 is 1.42 bits per heavy atom. The van der Waals surface area contributed by atoms with E-state index < -0.39 is 12.1 Å². The van der Waals surface area contributed by atoms with Crippen LogP contribution >= 0.6 is 15.9 Å². The smallest absolute Gasteiger partial charge is 0.355 e. The van der Waals surface area contributed by atoms with Crippen LogP contribution in [-0.4, -0.2) is 21.1 Å². The number of aryl methyl sites for hydroxylation is 1. The lowest BCUT2D eigenvalue weighted by Gasteiger charge is -2.07. The minimum absolute atomic E-state index is 0.130. The van der Waals surface area contributed by atoms with E-state index in [4.69, 9.17) is 9.26 Å². The van der Waals surface area contributed by atoms with Gasteiger partial charge < -0.3 is 14.2 Å². The van der Waals surface area contributed by atoms with Gasteiger partial charge in [0, 0.05) is 16.2 Å². The summed E-state index contributed by atoms with van der Waals surface area (Å²) in [5, 5.41) is 3.80. The van der Waals surface area contributed by atoms with E-state index in [1.807, 2.05) is 0 Å². The van der Waals surface area contributed by atoms with Crippen molar-refractivity contribution >= 4 is 21.9 Å². The van der Waals surface area contributed by atoms with Gasteiger partial charge in [0.05, 0.1) is 0 Å². The molecule has 6 nitrogen and oxygen atoms in total. The molecular formula is C16H13BrFN3O3. The summed E-state index contributed by atoms with van der Waals surface area (Å²) < 4.78 is 24.7. The first-order valence-electron chi connectivity index (χ1n) is 7.09. The highest BCUT2D eigenvalue weighted by atomic mass is 79.9. The van der Waals surface area contributed by atoms with E-state index in [1.54, 1.807) is 38.2 Å². The summed E-state index contributed by atoms with van der Waals surface area (Å²) in [6, 6.07) is 6.26. The molecule has 3 rings (SSSR count). The lowest BCUT2D eigenvalue weighted by atomic mass is 10.1. The van der Waals surface area contributed by atoms with E-state index in [0.29, 0.717) is 16.8 Å². The Kier molecular flexibility index (Phi) is 4.48. The van der Waals surface area contributed by atoms with Crippen LogP contribution in [0.25, 0.3) is 11.4 Å². The number of halogens is 2. The van der Waals surface area contributed by atoms with Gasteiger partial charge in [0.25, 0.3) is 5.89 Å². The van der Waals surface area contributed by atoms with Crippen molar-refractivity contribution in [3.63, 3.8) is 0 Å². The summed E-state index contributed by atoms with van der Waals surface area (Å²) in [5.74, 6) is -0.538. The average molecular weight is 394 g/mol. The van der Waals surface area contributed by atoms with Crippen molar-refractivity contribution in [3.05, 3.63) is 57.9 Å². The maximum absolute atomic E-state index is 13.6. The van der Waals surface area contributed by atoms with Crippen molar-refractivity contribution in [2.75, 3.05) is 0 Å². The summed E-state index contributed by atoms with van der Waals surface area (Å²) in [4.78, 5) is 18.9. The van der Waals surface area contributed by atoms with Crippen molar-refractivity contribution in [3.8, 4) is 11.4 Å². The maximum atomic E-state index is 13.6. The number of H-pyrrole nitrogens is 1. The zero-order chi connectivity index (χ0) is 17.3. The van der Waals surface area contributed by atoms with Crippen molar-refractivity contribution < 1.29 is 18.4 Å². The lowest BCUT2D eigenvalue weighted by molar-refractivity contribution is 0.0259. The summed E-state index contributed by atoms with van der Waals surface area (Å²) in [5.41, 5.74) is 1.32. The molecule has 1 aromatic carbocycles. The van der Waals surface area contributed by atoms with Crippen LogP contribution in [0, 0.1) is 12.7 Å². The first kappa shape index (κ1) is 16.4. The van der Waals surface area contributed by atoms with Crippen molar-refractivity contribution in [2.24, 2.45) is 0 Å². The number of carbonyl (C=O) groups is 1. The monoisotopic (exact) mass is 393 g/mol. The predicted octanol–water partition coefficient (Wildman–Crippen LogP) is 4.19. The van der Waals surface area contributed by atoms with Gasteiger partial charge in [-0.2, -0.15) is 4.98 Å². The van der Waals surface area contributed by atoms with Crippen LogP contribution in [0.2, 0.25) is 0 Å². The number of hydrogen-bond donors (Lipinski definition) is 1. The van der Waals surface area contributed by atoms with Crippen LogP contribution in [0.1, 0.15) is 35.0 Å². The van der Waals surface area contributed by atoms with E-state index >= 15 is 0 Å². The van der Waals surface area contributed by atoms with Crippen LogP contribution in [0.5, 0.6) is 0 Å². The van der Waals surface area contributed by atoms with Gasteiger partial charge in [-0.1, -0.05) is 17.3 Å². The van der Waals surface area contributed by atoms with Gasteiger partial charge in [-0.3, -0.25) is 0 Å². The zero-order valence-corrected chi connectivity index (χ0v) is 14.4. The third-order valence-electron chi connectivity index (χ3n) is 3.37. The second-order valence-electron chi connectivity index (χ2n) is 5.20. The third kappa shape index (κ3) is 3.38. The third-order valence-corrected chi connectivity index (χ3v) is 3.83. The normalized spacial score (nSPS) is 12.2. The number of carbonyl (C=O) groups excluding carboxylic acids is 1. The van der Waals surface area contributed by atoms with Gasteiger partial charge in [0.2, 0.25) is 5.82 Å². The molecule has 1 atom stereocenters. The van der Waals surface area contributed by atoms with Gasteiger partial charge in [-0.25, -0.2) is 9.18 Å². The van der Waals surface area contributed by atoms with Crippen LogP contribution in [0.4, 0.5) is 4.39 Å². The molecule has 0 radical (unpaired) electrons. The van der Waals surface area contributed by atoms with Gasteiger partial charge in [0.1, 0.15) is 11.5 Å². The number of nitrogens with zero attached hydrogens (tertiary/aromatic N) is 2. The Morgan fingerprint density at radius 3 is 2.88 bits per heavy atom. The van der Waals surface area contributed by atoms with Crippen LogP contribution in [0.15, 0.2) is 39.5 Å². The molecule has 1 unspecified atom stereocenters. The number of esters is 1. The predicted molar refractivity (Wildman–Crippen MR) is 86.8 cm³/mol. The maximum Gasteiger partial charge on any atom is 0.355 e. The lowest BCUT2D eigenvalue weighted by Crippen LogP contribution is -2.09. The second-order valence-corrected chi connectivity index (χ2v) is 6.11. The van der Waals surface area contributed by atoms with Crippen LogP contribution in [-0.2, 0) is 4.74 Å². The van der Waals surface area contributed by atoms with Crippen molar-refractivity contribution in [1.29, 1.82) is 0 Å². The largest absolute Gasteiger partial charge is 0.448 e. The molecule has 24 heavy (non-hydrogen) atoms. The van der Waals surface area contributed by atoms with Gasteiger partial charge in [0.15, 0.2) is 6.10 Å². The fourth-order valence-electron chi connectivity index (χ4n) is 2.01. The van der Waals surface area contributed by atoms with Gasteiger partial charge in [-0.05, 0) is 47.5 Å². The molecule has 1 N–H and O–H groups in total. The van der Waals surface area contributed by atoms with Crippen molar-refractivity contribution in [1.82, 2.24) is 15.1 Å². The Hall–Kier alpha value is -2.48. The number of hydrogen-bond acceptors (Lipinski definition) is 5. The molecule has 2 heterocycles. The van der Waals surface area contributed by atoms with E-state index in [2.05, 4.69) is 31.1 Å². The van der Waals surface area contributed by atoms with Crippen molar-refractivity contribution in [2.45, 2.75) is 20.0 Å². The number of benzene rings is 1. The second kappa shape index (κ2) is 6.56. The zero-order valence-electron chi connectivity index (χ0n) is 12.8. The number of ether oxygens (including phenoxy) is 1. The number of aromatic amines is 1. The Morgan fingerprint density at radius 2 is 2.21 bits per heavy atom. The van der Waals surface area contributed by atoms with Gasteiger partial charge >= 0.3 is 5.97 Å². The topological polar surface area (TPSA) is 81.0 Å². The Labute approximate surface area is 145 Å². The molecule has 2 aromatic heterocycles. The van der Waals surface area contributed by atoms with Gasteiger partial charge in [-0.15, -0.1) is 0 Å². The van der Waals surface area contributed by atoms with Crippen LogP contribution < -0.4 is 0 Å². The SMILES string of the molecule is Cc1ccc(-c2noc(C(C)OC(=O)c3cc(Br)c[nH]3)n2)cc1F. The molecule has 0 aliphatic heterocycles. The molecule has 124 valence electrons. The molecule has 0 aliphatic carbocycles. The molecule has 0 saturated carbocycles. The fraction of sp³-hybridized carbons (Fsp3) is 0.188. The average Bonchev–Trinajstić information content (AvgIpc) is 3.19. The molecule has 0 spiro atoms. The molecular weight excluding hydrogens is 381 g/mol. The number of nitrogens with one attached hydrogen (secondary N) is 1. The Bertz CT molecular complexity index is 890. The highest BCUT2D eigenvalue weighted by Crippen LogP contribution is 2.23. The standard InChI is InChI=1S/C16H13BrFN3O3/c1-8-3-4-10(5-12(8)18)14-20-15(24-21-14)9(2)23-16(22)13-6-11(17)7-19-13/h3-7,9,19H,1-2H3. The highest BCUT2D eigenvalue weighted by Gasteiger charge is 2.21. The minimum Gasteiger partial charge on any atom is -0.448 e. The molecule has 0 bridgehead atoms. The number of rotatable bonds is 4. The Balaban J connectivity index is 1.74. The fourth-order valence-corrected chi connectivity index (χ4v) is 2.35. The van der Waals surface area contributed by atoms with Crippen LogP contribution in [0.3, 0.4) is 0 Å². The number of aromatic nitrogens is 3. The molecule has 3 aromatic rings. The summed E-state index contributed by atoms with van der Waals surface area (Å²) in [6.45, 7) is 3.28. The first-order valence-corrected chi connectivity index (χ1v) is 7.88. The molecule has 0 fully saturated rings. The molecule has 0 amide bonds. The molecule has 0 aliphatic rings. The van der Waals surface area contributed by atoms with E-state index in [9.17, 15) is 9.18 Å². The summed E-state index contributed by atoms with van der Waals surface area (Å²) >= 11 is 3.24. The van der Waals surface area contributed by atoms with E-state index in [0.717, 1.165) is 4.47 Å². The molecule has 8 heteroatoms. The van der Waals surface area contributed by atoms with E-state index in [-0.39, 0.29) is 17.5 Å². The molecule has 0 saturated heterocycles. The first-order chi connectivity index (χ1) is 11.4. The summed E-state index contributed by atoms with van der Waals surface area (Å²) in [6.07, 6.45) is 0.883. The quantitative estimate of drug-likeness (QED) is 0.671. The van der Waals surface area contributed by atoms with E-state index in [1.165, 1.54) is 6.07 Å². The summed E-state index contributed by atoms with van der Waals surface area (Å²) in [7, 11) is 0.